The van der Waals surface area contributed by atoms with Crippen molar-refractivity contribution in [3.63, 3.8) is 0 Å². The van der Waals surface area contributed by atoms with Crippen molar-refractivity contribution >= 4 is 27.6 Å². The Labute approximate surface area is 136 Å². The van der Waals surface area contributed by atoms with E-state index in [0.717, 1.165) is 12.1 Å². The van der Waals surface area contributed by atoms with E-state index >= 15 is 0 Å². The molecule has 1 aliphatic rings. The number of unbranched alkanes of at least 4 members (excludes halogenated alkanes) is 8. The summed E-state index contributed by atoms with van der Waals surface area (Å²) in [5.41, 5.74) is 0.861. The number of halogens is 1. The first-order chi connectivity index (χ1) is 10.3. The fourth-order valence-electron chi connectivity index (χ4n) is 2.21. The molecule has 0 fully saturated rings. The first kappa shape index (κ1) is 18.1. The number of ether oxygens (including phenoxy) is 1. The lowest BCUT2D eigenvalue weighted by atomic mass is 10.1. The summed E-state index contributed by atoms with van der Waals surface area (Å²) in [6, 6.07) is -0.314. The Kier molecular flexibility index (Phi) is 10.1. The number of carbonyl (C=O) groups is 1. The maximum atomic E-state index is 11.1. The van der Waals surface area contributed by atoms with E-state index in [2.05, 4.69) is 37.8 Å². The molecule has 1 heterocycles. The second-order valence-corrected chi connectivity index (χ2v) is 5.82. The van der Waals surface area contributed by atoms with Gasteiger partial charge < -0.3 is 4.74 Å². The predicted octanol–water partition coefficient (Wildman–Crippen LogP) is 4.96. The Morgan fingerprint density at radius 2 is 1.67 bits per heavy atom. The lowest BCUT2D eigenvalue weighted by Crippen LogP contribution is -2.12. The van der Waals surface area contributed by atoms with Gasteiger partial charge in [-0.3, -0.25) is 4.99 Å². The average molecular weight is 356 g/mol. The van der Waals surface area contributed by atoms with Crippen LogP contribution in [0.3, 0.4) is 0 Å². The van der Waals surface area contributed by atoms with E-state index in [0.29, 0.717) is 0 Å². The monoisotopic (exact) mass is 355 g/mol. The summed E-state index contributed by atoms with van der Waals surface area (Å²) in [6.07, 6.45) is 17.7. The van der Waals surface area contributed by atoms with Crippen molar-refractivity contribution in [1.29, 1.82) is 0 Å². The minimum absolute atomic E-state index is 0.249. The van der Waals surface area contributed by atoms with Gasteiger partial charge in [0.05, 0.1) is 12.8 Å². The number of rotatable bonds is 12. The maximum absolute atomic E-state index is 11.1. The van der Waals surface area contributed by atoms with Crippen LogP contribution in [0.4, 0.5) is 0 Å². The molecule has 0 unspecified atom stereocenters. The molecule has 1 atom stereocenters. The van der Waals surface area contributed by atoms with Gasteiger partial charge in [0.1, 0.15) is 0 Å². The second kappa shape index (κ2) is 11.7. The molecular weight excluding hydrogens is 330 g/mol. The number of esters is 1. The Morgan fingerprint density at radius 3 is 2.24 bits per heavy atom. The molecule has 0 radical (unpaired) electrons. The molecule has 0 N–H and O–H groups in total. The van der Waals surface area contributed by atoms with Crippen LogP contribution in [0.1, 0.15) is 57.8 Å². The first-order valence-electron chi connectivity index (χ1n) is 7.87. The van der Waals surface area contributed by atoms with Crippen molar-refractivity contribution in [2.24, 2.45) is 4.99 Å². The molecule has 0 aromatic carbocycles. The number of aliphatic imine (C=N–C) groups is 1. The van der Waals surface area contributed by atoms with Gasteiger partial charge in [0, 0.05) is 0 Å². The smallest absolute Gasteiger partial charge is 0.336 e. The third-order valence-electron chi connectivity index (χ3n) is 3.53. The van der Waals surface area contributed by atoms with E-state index in [1.165, 1.54) is 58.5 Å². The van der Waals surface area contributed by atoms with Crippen LogP contribution in [0.25, 0.3) is 0 Å². The first-order valence-corrected chi connectivity index (χ1v) is 8.78. The van der Waals surface area contributed by atoms with E-state index < -0.39 is 0 Å². The molecule has 4 heteroatoms. The molecule has 0 aromatic heterocycles. The molecule has 1 aliphatic heterocycles. The Bertz CT molecular complexity index is 388. The van der Waals surface area contributed by atoms with Gasteiger partial charge in [0.2, 0.25) is 0 Å². The van der Waals surface area contributed by atoms with Gasteiger partial charge in [-0.15, -0.1) is 0 Å². The van der Waals surface area contributed by atoms with Gasteiger partial charge in [-0.2, -0.15) is 0 Å². The molecule has 0 aromatic rings. The van der Waals surface area contributed by atoms with Crippen molar-refractivity contribution in [3.05, 3.63) is 23.2 Å². The fraction of sp³-hybridized carbons (Fsp3) is 0.647. The standard InChI is InChI=1S/C17H26BrNO2/c1-21-17(20)16-15(19-16)13-11-9-7-5-3-2-4-6-8-10-12-14-18/h11-14,16H,2-10H2,1H3/t16-/m1/s1. The summed E-state index contributed by atoms with van der Waals surface area (Å²) in [4.78, 5) is 17.1. The van der Waals surface area contributed by atoms with E-state index in [1.54, 1.807) is 0 Å². The molecule has 0 spiro atoms. The van der Waals surface area contributed by atoms with E-state index in [1.807, 2.05) is 11.1 Å². The van der Waals surface area contributed by atoms with Crippen LogP contribution in [0, 0.1) is 0 Å². The Hall–Kier alpha value is -0.900. The molecule has 21 heavy (non-hydrogen) atoms. The molecule has 0 saturated heterocycles. The van der Waals surface area contributed by atoms with Crippen LogP contribution < -0.4 is 0 Å². The number of methoxy groups -OCH3 is 1. The summed E-state index contributed by atoms with van der Waals surface area (Å²) in [5.74, 6) is -0.249. The van der Waals surface area contributed by atoms with Crippen molar-refractivity contribution in [2.75, 3.05) is 7.11 Å². The molecule has 0 amide bonds. The number of hydrogen-bond donors (Lipinski definition) is 0. The molecule has 1 rings (SSSR count). The minimum Gasteiger partial charge on any atom is -0.467 e. The quantitative estimate of drug-likeness (QED) is 0.366. The summed E-state index contributed by atoms with van der Waals surface area (Å²) < 4.78 is 4.62. The normalized spacial score (nSPS) is 17.4. The zero-order valence-corrected chi connectivity index (χ0v) is 14.5. The van der Waals surface area contributed by atoms with E-state index in [4.69, 9.17) is 0 Å². The third-order valence-corrected chi connectivity index (χ3v) is 3.91. The number of nitrogens with zero attached hydrogens (tertiary/aromatic N) is 1. The van der Waals surface area contributed by atoms with Crippen LogP contribution in [0.2, 0.25) is 0 Å². The topological polar surface area (TPSA) is 38.7 Å². The lowest BCUT2D eigenvalue weighted by Gasteiger charge is -1.99. The highest BCUT2D eigenvalue weighted by Crippen LogP contribution is 2.15. The highest BCUT2D eigenvalue weighted by Gasteiger charge is 2.33. The summed E-state index contributed by atoms with van der Waals surface area (Å²) >= 11 is 3.28. The molecule has 0 saturated carbocycles. The van der Waals surface area contributed by atoms with Crippen molar-refractivity contribution < 1.29 is 9.53 Å². The molecular formula is C17H26BrNO2. The number of carbonyl (C=O) groups excluding carboxylic acids is 1. The van der Waals surface area contributed by atoms with Crippen molar-refractivity contribution in [3.8, 4) is 0 Å². The summed E-state index contributed by atoms with van der Waals surface area (Å²) in [7, 11) is 1.40. The zero-order valence-electron chi connectivity index (χ0n) is 12.9. The molecule has 3 nitrogen and oxygen atoms in total. The van der Waals surface area contributed by atoms with Gasteiger partial charge in [0.15, 0.2) is 6.04 Å². The van der Waals surface area contributed by atoms with Gasteiger partial charge in [-0.25, -0.2) is 4.79 Å². The number of hydrogen-bond acceptors (Lipinski definition) is 3. The van der Waals surface area contributed by atoms with Gasteiger partial charge in [0.25, 0.3) is 0 Å². The average Bonchev–Trinajstić information content (AvgIpc) is 3.27. The van der Waals surface area contributed by atoms with Crippen molar-refractivity contribution in [2.45, 2.75) is 63.8 Å². The minimum atomic E-state index is -0.314. The fourth-order valence-corrected chi connectivity index (χ4v) is 2.47. The molecule has 0 bridgehead atoms. The SMILES string of the molecule is COC(=O)[C@@H]1N=C1C=CCCCCCCCCCC=CBr. The highest BCUT2D eigenvalue weighted by molar-refractivity contribution is 9.11. The van der Waals surface area contributed by atoms with Gasteiger partial charge >= 0.3 is 5.97 Å². The Morgan fingerprint density at radius 1 is 1.10 bits per heavy atom. The van der Waals surface area contributed by atoms with E-state index in [9.17, 15) is 4.79 Å². The lowest BCUT2D eigenvalue weighted by molar-refractivity contribution is -0.139. The predicted molar refractivity (Wildman–Crippen MR) is 92.0 cm³/mol. The van der Waals surface area contributed by atoms with Crippen LogP contribution >= 0.6 is 15.9 Å². The summed E-state index contributed by atoms with van der Waals surface area (Å²) in [6.45, 7) is 0. The van der Waals surface area contributed by atoms with Crippen LogP contribution in [0.5, 0.6) is 0 Å². The van der Waals surface area contributed by atoms with Gasteiger partial charge in [-0.05, 0) is 36.7 Å². The maximum Gasteiger partial charge on any atom is 0.336 e. The third kappa shape index (κ3) is 8.86. The van der Waals surface area contributed by atoms with Crippen LogP contribution in [0.15, 0.2) is 28.2 Å². The van der Waals surface area contributed by atoms with E-state index in [-0.39, 0.29) is 12.0 Å². The molecule has 0 aliphatic carbocycles. The van der Waals surface area contributed by atoms with Crippen LogP contribution in [-0.2, 0) is 9.53 Å². The zero-order chi connectivity index (χ0) is 15.3. The second-order valence-electron chi connectivity index (χ2n) is 5.30. The molecule has 118 valence electrons. The highest BCUT2D eigenvalue weighted by atomic mass is 79.9. The van der Waals surface area contributed by atoms with Crippen LogP contribution in [-0.4, -0.2) is 24.8 Å². The number of allylic oxidation sites excluding steroid dienone is 2. The largest absolute Gasteiger partial charge is 0.467 e. The summed E-state index contributed by atoms with van der Waals surface area (Å²) in [5, 5.41) is 0. The Balaban J connectivity index is 1.83. The van der Waals surface area contributed by atoms with Gasteiger partial charge in [-0.1, -0.05) is 60.2 Å². The van der Waals surface area contributed by atoms with Crippen molar-refractivity contribution in [1.82, 2.24) is 0 Å².